The third kappa shape index (κ3) is 2.28. The Kier molecular flexibility index (Phi) is 3.61. The first-order valence-corrected chi connectivity index (χ1v) is 6.05. The second-order valence-corrected chi connectivity index (χ2v) is 4.41. The number of rotatable bonds is 4. The van der Waals surface area contributed by atoms with Gasteiger partial charge in [-0.15, -0.1) is 0 Å². The number of aromatic nitrogens is 2. The normalized spacial score (nSPS) is 15.9. The third-order valence-electron chi connectivity index (χ3n) is 2.93. The lowest BCUT2D eigenvalue weighted by molar-refractivity contribution is 0.271. The summed E-state index contributed by atoms with van der Waals surface area (Å²) < 4.78 is 0. The quantitative estimate of drug-likeness (QED) is 0.790. The van der Waals surface area contributed by atoms with Crippen LogP contribution in [0.15, 0.2) is 0 Å². The monoisotopic (exact) mass is 241 g/mol. The van der Waals surface area contributed by atoms with E-state index in [2.05, 4.69) is 15.3 Å². The Morgan fingerprint density at radius 1 is 1.44 bits per heavy atom. The predicted molar refractivity (Wildman–Crippen MR) is 63.9 cm³/mol. The van der Waals surface area contributed by atoms with Gasteiger partial charge in [0.2, 0.25) is 5.95 Å². The molecular formula is C11H16ClN3O. The maximum atomic E-state index is 9.10. The van der Waals surface area contributed by atoms with Gasteiger partial charge in [-0.2, -0.15) is 0 Å². The molecule has 1 aromatic rings. The van der Waals surface area contributed by atoms with E-state index in [-0.39, 0.29) is 12.6 Å². The highest BCUT2D eigenvalue weighted by molar-refractivity contribution is 6.30. The van der Waals surface area contributed by atoms with Crippen LogP contribution in [0, 0.1) is 0 Å². The van der Waals surface area contributed by atoms with Gasteiger partial charge in [0.1, 0.15) is 5.15 Å². The molecule has 1 aliphatic carbocycles. The van der Waals surface area contributed by atoms with Crippen LogP contribution in [0.4, 0.5) is 5.95 Å². The summed E-state index contributed by atoms with van der Waals surface area (Å²) >= 11 is 6.09. The number of nitrogens with zero attached hydrogens (tertiary/aromatic N) is 2. The summed E-state index contributed by atoms with van der Waals surface area (Å²) in [7, 11) is 0. The number of hydrogen-bond acceptors (Lipinski definition) is 4. The van der Waals surface area contributed by atoms with Crippen LogP contribution in [0.5, 0.6) is 0 Å². The summed E-state index contributed by atoms with van der Waals surface area (Å²) in [5, 5.41) is 12.7. The molecule has 0 aliphatic heterocycles. The van der Waals surface area contributed by atoms with E-state index in [1.165, 1.54) is 0 Å². The molecule has 0 radical (unpaired) electrons. The molecule has 2 N–H and O–H groups in total. The predicted octanol–water partition coefficient (Wildman–Crippen LogP) is 1.80. The first-order chi connectivity index (χ1) is 7.74. The van der Waals surface area contributed by atoms with E-state index in [1.54, 1.807) is 0 Å². The molecule has 0 aromatic carbocycles. The number of fused-ring (bicyclic) bond motifs is 1. The van der Waals surface area contributed by atoms with Crippen molar-refractivity contribution in [3.05, 3.63) is 16.4 Å². The zero-order chi connectivity index (χ0) is 11.5. The van der Waals surface area contributed by atoms with Crippen LogP contribution in [-0.2, 0) is 12.8 Å². The number of aliphatic hydroxyl groups is 1. The SMILES string of the molecule is CCC(CO)Nc1nc(Cl)c2c(n1)CCC2. The number of nitrogens with one attached hydrogen (secondary N) is 1. The number of hydrogen-bond donors (Lipinski definition) is 2. The molecule has 1 aromatic heterocycles. The van der Waals surface area contributed by atoms with Crippen molar-refractivity contribution in [2.24, 2.45) is 0 Å². The van der Waals surface area contributed by atoms with Crippen molar-refractivity contribution in [3.63, 3.8) is 0 Å². The van der Waals surface area contributed by atoms with Gasteiger partial charge in [0, 0.05) is 5.56 Å². The van der Waals surface area contributed by atoms with Gasteiger partial charge >= 0.3 is 0 Å². The average Bonchev–Trinajstić information content (AvgIpc) is 2.74. The van der Waals surface area contributed by atoms with Gasteiger partial charge in [-0.3, -0.25) is 0 Å². The standard InChI is InChI=1S/C11H16ClN3O/c1-2-7(6-16)13-11-14-9-5-3-4-8(9)10(12)15-11/h7,16H,2-6H2,1H3,(H,13,14,15). The minimum Gasteiger partial charge on any atom is -0.394 e. The Hall–Kier alpha value is -0.870. The van der Waals surface area contributed by atoms with Gasteiger partial charge in [0.05, 0.1) is 18.3 Å². The van der Waals surface area contributed by atoms with E-state index in [0.717, 1.165) is 36.9 Å². The molecule has 0 saturated carbocycles. The molecule has 1 heterocycles. The van der Waals surface area contributed by atoms with E-state index in [9.17, 15) is 0 Å². The van der Waals surface area contributed by atoms with Gasteiger partial charge in [-0.25, -0.2) is 9.97 Å². The summed E-state index contributed by atoms with van der Waals surface area (Å²) in [5.74, 6) is 0.534. The summed E-state index contributed by atoms with van der Waals surface area (Å²) in [5.41, 5.74) is 2.14. The zero-order valence-corrected chi connectivity index (χ0v) is 10.1. The van der Waals surface area contributed by atoms with Crippen molar-refractivity contribution >= 4 is 17.5 Å². The average molecular weight is 242 g/mol. The number of aryl methyl sites for hydroxylation is 1. The molecular weight excluding hydrogens is 226 g/mol. The fourth-order valence-corrected chi connectivity index (χ4v) is 2.19. The molecule has 0 spiro atoms. The Morgan fingerprint density at radius 2 is 2.25 bits per heavy atom. The Labute approximate surface area is 100 Å². The summed E-state index contributed by atoms with van der Waals surface area (Å²) in [6, 6.07) is -0.00415. The Bertz CT molecular complexity index is 380. The highest BCUT2D eigenvalue weighted by atomic mass is 35.5. The largest absolute Gasteiger partial charge is 0.394 e. The fourth-order valence-electron chi connectivity index (χ4n) is 1.91. The van der Waals surface area contributed by atoms with Gasteiger partial charge in [-0.1, -0.05) is 18.5 Å². The van der Waals surface area contributed by atoms with Crippen molar-refractivity contribution in [2.45, 2.75) is 38.6 Å². The smallest absolute Gasteiger partial charge is 0.224 e. The van der Waals surface area contributed by atoms with E-state index in [1.807, 2.05) is 6.92 Å². The summed E-state index contributed by atoms with van der Waals surface area (Å²) in [6.07, 6.45) is 3.88. The van der Waals surface area contributed by atoms with Gasteiger partial charge < -0.3 is 10.4 Å². The molecule has 0 saturated heterocycles. The molecule has 1 aliphatic rings. The van der Waals surface area contributed by atoms with Gasteiger partial charge in [-0.05, 0) is 25.7 Å². The molecule has 0 bridgehead atoms. The maximum absolute atomic E-state index is 9.10. The molecule has 0 amide bonds. The highest BCUT2D eigenvalue weighted by Crippen LogP contribution is 2.27. The van der Waals surface area contributed by atoms with Crippen LogP contribution in [0.1, 0.15) is 31.0 Å². The van der Waals surface area contributed by atoms with Crippen LogP contribution < -0.4 is 5.32 Å². The van der Waals surface area contributed by atoms with Gasteiger partial charge in [0.15, 0.2) is 0 Å². The fraction of sp³-hybridized carbons (Fsp3) is 0.636. The zero-order valence-electron chi connectivity index (χ0n) is 9.33. The molecule has 2 rings (SSSR count). The van der Waals surface area contributed by atoms with Crippen LogP contribution in [0.2, 0.25) is 5.15 Å². The first-order valence-electron chi connectivity index (χ1n) is 5.67. The molecule has 4 nitrogen and oxygen atoms in total. The lowest BCUT2D eigenvalue weighted by Gasteiger charge is -2.14. The first kappa shape index (κ1) is 11.6. The third-order valence-corrected chi connectivity index (χ3v) is 3.24. The highest BCUT2D eigenvalue weighted by Gasteiger charge is 2.18. The van der Waals surface area contributed by atoms with Crippen molar-refractivity contribution in [2.75, 3.05) is 11.9 Å². The molecule has 1 atom stereocenters. The van der Waals surface area contributed by atoms with E-state index >= 15 is 0 Å². The van der Waals surface area contributed by atoms with E-state index in [4.69, 9.17) is 16.7 Å². The minimum absolute atomic E-state index is 0.00415. The van der Waals surface area contributed by atoms with Crippen molar-refractivity contribution < 1.29 is 5.11 Å². The van der Waals surface area contributed by atoms with Crippen LogP contribution in [0.25, 0.3) is 0 Å². The summed E-state index contributed by atoms with van der Waals surface area (Å²) in [4.78, 5) is 8.64. The molecule has 1 unspecified atom stereocenters. The lowest BCUT2D eigenvalue weighted by Crippen LogP contribution is -2.24. The number of anilines is 1. The molecule has 0 fully saturated rings. The molecule has 88 valence electrons. The van der Waals surface area contributed by atoms with Crippen LogP contribution >= 0.6 is 11.6 Å². The van der Waals surface area contributed by atoms with E-state index in [0.29, 0.717) is 11.1 Å². The van der Waals surface area contributed by atoms with E-state index < -0.39 is 0 Å². The van der Waals surface area contributed by atoms with Crippen LogP contribution in [-0.4, -0.2) is 27.7 Å². The Balaban J connectivity index is 2.20. The second kappa shape index (κ2) is 4.97. The topological polar surface area (TPSA) is 58.0 Å². The van der Waals surface area contributed by atoms with Crippen LogP contribution in [0.3, 0.4) is 0 Å². The Morgan fingerprint density at radius 3 is 2.94 bits per heavy atom. The minimum atomic E-state index is -0.00415. The van der Waals surface area contributed by atoms with Crippen molar-refractivity contribution in [1.82, 2.24) is 9.97 Å². The van der Waals surface area contributed by atoms with Crippen molar-refractivity contribution in [1.29, 1.82) is 0 Å². The number of halogens is 1. The summed E-state index contributed by atoms with van der Waals surface area (Å²) in [6.45, 7) is 2.08. The maximum Gasteiger partial charge on any atom is 0.224 e. The number of aliphatic hydroxyl groups excluding tert-OH is 1. The second-order valence-electron chi connectivity index (χ2n) is 4.05. The van der Waals surface area contributed by atoms with Gasteiger partial charge in [0.25, 0.3) is 0 Å². The molecule has 5 heteroatoms. The molecule has 16 heavy (non-hydrogen) atoms. The lowest BCUT2D eigenvalue weighted by atomic mass is 10.2. The van der Waals surface area contributed by atoms with Crippen molar-refractivity contribution in [3.8, 4) is 0 Å².